The van der Waals surface area contributed by atoms with Crippen molar-refractivity contribution in [3.05, 3.63) is 27.7 Å². The highest BCUT2D eigenvalue weighted by molar-refractivity contribution is 9.10. The van der Waals surface area contributed by atoms with E-state index in [0.717, 1.165) is 4.47 Å². The highest BCUT2D eigenvalue weighted by Gasteiger charge is 2.26. The number of rotatable bonds is 3. The molecule has 2 amide bonds. The van der Waals surface area contributed by atoms with Gasteiger partial charge < -0.3 is 15.7 Å². The van der Waals surface area contributed by atoms with Gasteiger partial charge in [0.2, 0.25) is 0 Å². The molecule has 2 rings (SSSR count). The number of halogens is 2. The van der Waals surface area contributed by atoms with Crippen molar-refractivity contribution in [2.75, 3.05) is 5.32 Å². The summed E-state index contributed by atoms with van der Waals surface area (Å²) in [5, 5.41) is 15.0. The minimum atomic E-state index is -0.751. The molecule has 5 nitrogen and oxygen atoms in total. The molecule has 1 aromatic carbocycles. The topological polar surface area (TPSA) is 78.4 Å². The Hall–Kier alpha value is -1.27. The Bertz CT molecular complexity index is 545. The van der Waals surface area contributed by atoms with Crippen LogP contribution in [0.2, 0.25) is 5.02 Å². The van der Waals surface area contributed by atoms with Crippen LogP contribution < -0.4 is 10.6 Å². The summed E-state index contributed by atoms with van der Waals surface area (Å²) >= 11 is 9.33. The smallest absolute Gasteiger partial charge is 0.319 e. The van der Waals surface area contributed by atoms with Crippen LogP contribution in [-0.2, 0) is 4.79 Å². The van der Waals surface area contributed by atoms with Gasteiger partial charge in [-0.15, -0.1) is 0 Å². The molecule has 1 aromatic rings. The third-order valence-electron chi connectivity index (χ3n) is 3.59. The van der Waals surface area contributed by atoms with Gasteiger partial charge in [0.15, 0.2) is 0 Å². The first-order valence-electron chi connectivity index (χ1n) is 6.71. The predicted octanol–water partition coefficient (Wildman–Crippen LogP) is 3.87. The monoisotopic (exact) mass is 374 g/mol. The maximum absolute atomic E-state index is 11.9. The van der Waals surface area contributed by atoms with Gasteiger partial charge >= 0.3 is 12.0 Å². The maximum Gasteiger partial charge on any atom is 0.319 e. The molecule has 0 heterocycles. The molecule has 7 heteroatoms. The number of anilines is 1. The van der Waals surface area contributed by atoms with Gasteiger partial charge in [-0.25, -0.2) is 4.79 Å². The summed E-state index contributed by atoms with van der Waals surface area (Å²) in [6.07, 6.45) is 2.54. The molecule has 0 unspecified atom stereocenters. The largest absolute Gasteiger partial charge is 0.481 e. The van der Waals surface area contributed by atoms with E-state index in [1.165, 1.54) is 0 Å². The lowest BCUT2D eigenvalue weighted by Gasteiger charge is -2.26. The average Bonchev–Trinajstić information content (AvgIpc) is 2.43. The molecule has 1 saturated carbocycles. The molecular weight excluding hydrogens is 360 g/mol. The van der Waals surface area contributed by atoms with Crippen LogP contribution in [0, 0.1) is 5.92 Å². The van der Waals surface area contributed by atoms with Gasteiger partial charge in [-0.1, -0.05) is 27.5 Å². The first-order chi connectivity index (χ1) is 9.95. The predicted molar refractivity (Wildman–Crippen MR) is 84.7 cm³/mol. The van der Waals surface area contributed by atoms with Crippen molar-refractivity contribution in [3.63, 3.8) is 0 Å². The number of amides is 2. The Kier molecular flexibility index (Phi) is 5.47. The maximum atomic E-state index is 11.9. The van der Waals surface area contributed by atoms with Gasteiger partial charge in [0.1, 0.15) is 0 Å². The van der Waals surface area contributed by atoms with Crippen LogP contribution >= 0.6 is 27.5 Å². The highest BCUT2D eigenvalue weighted by atomic mass is 79.9. The molecule has 21 heavy (non-hydrogen) atoms. The zero-order valence-corrected chi connectivity index (χ0v) is 13.6. The molecule has 1 fully saturated rings. The fourth-order valence-electron chi connectivity index (χ4n) is 2.42. The van der Waals surface area contributed by atoms with E-state index >= 15 is 0 Å². The van der Waals surface area contributed by atoms with Crippen LogP contribution in [0.25, 0.3) is 0 Å². The summed E-state index contributed by atoms with van der Waals surface area (Å²) < 4.78 is 0.823. The molecule has 0 aromatic heterocycles. The van der Waals surface area contributed by atoms with Gasteiger partial charge in [0, 0.05) is 10.5 Å². The minimum absolute atomic E-state index is 0.00604. The molecule has 0 spiro atoms. The number of carboxylic acid groups (broad SMARTS) is 1. The molecule has 0 atom stereocenters. The van der Waals surface area contributed by atoms with Crippen molar-refractivity contribution < 1.29 is 14.7 Å². The molecule has 1 aliphatic carbocycles. The van der Waals surface area contributed by atoms with Crippen LogP contribution in [0.5, 0.6) is 0 Å². The zero-order valence-electron chi connectivity index (χ0n) is 11.2. The van der Waals surface area contributed by atoms with Crippen molar-refractivity contribution in [3.8, 4) is 0 Å². The average molecular weight is 376 g/mol. The molecule has 1 aliphatic rings. The van der Waals surface area contributed by atoms with Gasteiger partial charge in [0.05, 0.1) is 16.6 Å². The Morgan fingerprint density at radius 2 is 1.90 bits per heavy atom. The number of benzene rings is 1. The van der Waals surface area contributed by atoms with E-state index in [9.17, 15) is 9.59 Å². The summed E-state index contributed by atoms with van der Waals surface area (Å²) in [6, 6.07) is 4.89. The van der Waals surface area contributed by atoms with E-state index in [0.29, 0.717) is 36.4 Å². The van der Waals surface area contributed by atoms with Crippen LogP contribution in [0.4, 0.5) is 10.5 Å². The molecule has 0 radical (unpaired) electrons. The lowest BCUT2D eigenvalue weighted by molar-refractivity contribution is -0.142. The Balaban J connectivity index is 1.85. The van der Waals surface area contributed by atoms with Gasteiger partial charge in [-0.3, -0.25) is 4.79 Å². The number of nitrogens with one attached hydrogen (secondary N) is 2. The number of carboxylic acids is 1. The van der Waals surface area contributed by atoms with E-state index in [-0.39, 0.29) is 18.0 Å². The Labute approximate surface area is 136 Å². The fraction of sp³-hybridized carbons (Fsp3) is 0.429. The van der Waals surface area contributed by atoms with Crippen LogP contribution in [-0.4, -0.2) is 23.1 Å². The summed E-state index contributed by atoms with van der Waals surface area (Å²) in [6.45, 7) is 0. The number of carbonyl (C=O) groups excluding carboxylic acids is 1. The number of urea groups is 1. The highest BCUT2D eigenvalue weighted by Crippen LogP contribution is 2.27. The second-order valence-electron chi connectivity index (χ2n) is 5.11. The quantitative estimate of drug-likeness (QED) is 0.750. The van der Waals surface area contributed by atoms with E-state index in [1.54, 1.807) is 18.2 Å². The number of hydrogen-bond acceptors (Lipinski definition) is 2. The molecular formula is C14H16BrClN2O3. The van der Waals surface area contributed by atoms with E-state index in [2.05, 4.69) is 26.6 Å². The van der Waals surface area contributed by atoms with E-state index in [4.69, 9.17) is 16.7 Å². The number of carbonyl (C=O) groups is 2. The SMILES string of the molecule is O=C(Nc1cc(Br)ccc1Cl)NC1CCC(C(=O)O)CC1. The number of aliphatic carboxylic acids is 1. The van der Waals surface area contributed by atoms with Crippen molar-refractivity contribution in [2.45, 2.75) is 31.7 Å². The summed E-state index contributed by atoms with van der Waals surface area (Å²) in [7, 11) is 0. The Morgan fingerprint density at radius 3 is 2.52 bits per heavy atom. The third-order valence-corrected chi connectivity index (χ3v) is 4.41. The van der Waals surface area contributed by atoms with Gasteiger partial charge in [0.25, 0.3) is 0 Å². The van der Waals surface area contributed by atoms with Crippen LogP contribution in [0.3, 0.4) is 0 Å². The fourth-order valence-corrected chi connectivity index (χ4v) is 2.95. The van der Waals surface area contributed by atoms with E-state index in [1.807, 2.05) is 0 Å². The van der Waals surface area contributed by atoms with Crippen molar-refractivity contribution in [2.24, 2.45) is 5.92 Å². The lowest BCUT2D eigenvalue weighted by atomic mass is 9.86. The van der Waals surface area contributed by atoms with Crippen LogP contribution in [0.1, 0.15) is 25.7 Å². The Morgan fingerprint density at radius 1 is 1.24 bits per heavy atom. The van der Waals surface area contributed by atoms with Gasteiger partial charge in [-0.05, 0) is 43.9 Å². The standard InChI is InChI=1S/C14H16BrClN2O3/c15-9-3-6-11(16)12(7-9)18-14(21)17-10-4-1-8(2-5-10)13(19)20/h3,6-8,10H,1-2,4-5H2,(H,19,20)(H2,17,18,21). The molecule has 3 N–H and O–H groups in total. The van der Waals surface area contributed by atoms with E-state index < -0.39 is 5.97 Å². The second kappa shape index (κ2) is 7.13. The van der Waals surface area contributed by atoms with Crippen molar-refractivity contribution in [1.29, 1.82) is 0 Å². The first kappa shape index (κ1) is 16.1. The van der Waals surface area contributed by atoms with Crippen molar-refractivity contribution in [1.82, 2.24) is 5.32 Å². The first-order valence-corrected chi connectivity index (χ1v) is 7.88. The third kappa shape index (κ3) is 4.61. The van der Waals surface area contributed by atoms with Crippen molar-refractivity contribution >= 4 is 45.2 Å². The summed E-state index contributed by atoms with van der Waals surface area (Å²) in [4.78, 5) is 22.8. The summed E-state index contributed by atoms with van der Waals surface area (Å²) in [5.74, 6) is -1.04. The van der Waals surface area contributed by atoms with Crippen LogP contribution in [0.15, 0.2) is 22.7 Å². The molecule has 0 aliphatic heterocycles. The summed E-state index contributed by atoms with van der Waals surface area (Å²) in [5.41, 5.74) is 0.530. The second-order valence-corrected chi connectivity index (χ2v) is 6.43. The molecule has 0 bridgehead atoms. The lowest BCUT2D eigenvalue weighted by Crippen LogP contribution is -2.41. The minimum Gasteiger partial charge on any atom is -0.481 e. The molecule has 114 valence electrons. The molecule has 0 saturated heterocycles. The van der Waals surface area contributed by atoms with Gasteiger partial charge in [-0.2, -0.15) is 0 Å². The normalized spacial score (nSPS) is 21.6. The number of hydrogen-bond donors (Lipinski definition) is 3. The zero-order chi connectivity index (χ0) is 15.4.